The molecule has 0 aliphatic rings. The van der Waals surface area contributed by atoms with Gasteiger partial charge in [0.05, 0.1) is 38.5 Å². The van der Waals surface area contributed by atoms with Crippen LogP contribution in [0.1, 0.15) is 21.6 Å². The van der Waals surface area contributed by atoms with Crippen LogP contribution >= 0.6 is 0 Å². The number of nitro benzene ring substituents is 2. The molecule has 0 saturated heterocycles. The molecule has 0 saturated carbocycles. The van der Waals surface area contributed by atoms with Crippen molar-refractivity contribution >= 4 is 33.9 Å². The van der Waals surface area contributed by atoms with Crippen LogP contribution in [0.25, 0.3) is 22.2 Å². The van der Waals surface area contributed by atoms with Crippen molar-refractivity contribution in [3.05, 3.63) is 85.7 Å². The second kappa shape index (κ2) is 8.11. The van der Waals surface area contributed by atoms with Gasteiger partial charge in [0.1, 0.15) is 5.56 Å². The zero-order valence-electron chi connectivity index (χ0n) is 17.9. The quantitative estimate of drug-likeness (QED) is 0.355. The average Bonchev–Trinajstić information content (AvgIpc) is 3.11. The number of hydrogen-bond donors (Lipinski definition) is 1. The fourth-order valence-electron chi connectivity index (χ4n) is 3.59. The normalized spacial score (nSPS) is 10.9. The van der Waals surface area contributed by atoms with Crippen molar-refractivity contribution in [1.29, 1.82) is 0 Å². The Hall–Kier alpha value is -4.67. The summed E-state index contributed by atoms with van der Waals surface area (Å²) in [5, 5.41) is 30.1. The Labute approximate surface area is 187 Å². The molecule has 33 heavy (non-hydrogen) atoms. The van der Waals surface area contributed by atoms with Crippen molar-refractivity contribution in [3.8, 4) is 11.3 Å². The summed E-state index contributed by atoms with van der Waals surface area (Å²) in [7, 11) is 1.80. The van der Waals surface area contributed by atoms with E-state index in [-0.39, 0.29) is 16.8 Å². The van der Waals surface area contributed by atoms with Crippen molar-refractivity contribution < 1.29 is 14.6 Å². The van der Waals surface area contributed by atoms with Crippen molar-refractivity contribution in [2.24, 2.45) is 7.05 Å². The molecule has 0 unspecified atom stereocenters. The van der Waals surface area contributed by atoms with E-state index in [1.165, 1.54) is 6.92 Å². The second-order valence-corrected chi connectivity index (χ2v) is 7.45. The molecule has 1 N–H and O–H groups in total. The van der Waals surface area contributed by atoms with E-state index in [4.69, 9.17) is 0 Å². The molecule has 0 spiro atoms. The third-order valence-corrected chi connectivity index (χ3v) is 5.48. The van der Waals surface area contributed by atoms with Crippen molar-refractivity contribution in [2.45, 2.75) is 13.8 Å². The van der Waals surface area contributed by atoms with Gasteiger partial charge in [0.25, 0.3) is 17.3 Å². The number of nitrogens with zero attached hydrogens (tertiary/aromatic N) is 5. The lowest BCUT2D eigenvalue weighted by Gasteiger charge is -2.11. The summed E-state index contributed by atoms with van der Waals surface area (Å²) in [5.41, 5.74) is 1.93. The highest BCUT2D eigenvalue weighted by atomic mass is 16.6. The van der Waals surface area contributed by atoms with Gasteiger partial charge < -0.3 is 5.32 Å². The largest absolute Gasteiger partial charge is 0.321 e. The van der Waals surface area contributed by atoms with Gasteiger partial charge >= 0.3 is 0 Å². The first kappa shape index (κ1) is 21.6. The number of hydrogen-bond acceptors (Lipinski definition) is 7. The predicted molar refractivity (Wildman–Crippen MR) is 121 cm³/mol. The van der Waals surface area contributed by atoms with Gasteiger partial charge in [-0.3, -0.25) is 29.7 Å². The Kier molecular flexibility index (Phi) is 5.30. The van der Waals surface area contributed by atoms with E-state index in [9.17, 15) is 25.0 Å². The van der Waals surface area contributed by atoms with E-state index in [0.29, 0.717) is 16.6 Å². The van der Waals surface area contributed by atoms with Crippen LogP contribution in [-0.2, 0) is 7.05 Å². The van der Waals surface area contributed by atoms with Crippen LogP contribution in [0.2, 0.25) is 0 Å². The first-order chi connectivity index (χ1) is 15.7. The number of aromatic nitrogens is 3. The summed E-state index contributed by atoms with van der Waals surface area (Å²) in [6.45, 7) is 3.17. The lowest BCUT2D eigenvalue weighted by molar-refractivity contribution is -0.395. The molecule has 0 fully saturated rings. The number of nitrogens with one attached hydrogen (secondary N) is 1. The number of anilines is 1. The molecule has 2 heterocycles. The predicted octanol–water partition coefficient (Wildman–Crippen LogP) is 4.32. The van der Waals surface area contributed by atoms with Gasteiger partial charge in [-0.15, -0.1) is 0 Å². The first-order valence-electron chi connectivity index (χ1n) is 9.81. The number of para-hydroxylation sites is 1. The molecule has 2 aromatic heterocycles. The van der Waals surface area contributed by atoms with Crippen LogP contribution < -0.4 is 5.32 Å². The molecular weight excluding hydrogens is 428 g/mol. The first-order valence-corrected chi connectivity index (χ1v) is 9.81. The van der Waals surface area contributed by atoms with Crippen LogP contribution in [-0.4, -0.2) is 30.5 Å². The SMILES string of the molecule is Cc1c([N+](=O)[O-])cc(NC(=O)c2cc(-c3cnn(C)c3C)nc3ccccc23)cc1[N+](=O)[O-]. The highest BCUT2D eigenvalue weighted by Gasteiger charge is 2.24. The van der Waals surface area contributed by atoms with Gasteiger partial charge in [0, 0.05) is 35.8 Å². The van der Waals surface area contributed by atoms with Crippen LogP contribution in [0, 0.1) is 34.1 Å². The summed E-state index contributed by atoms with van der Waals surface area (Å²) in [6.07, 6.45) is 1.65. The van der Waals surface area contributed by atoms with E-state index in [0.717, 1.165) is 23.4 Å². The monoisotopic (exact) mass is 446 g/mol. The minimum atomic E-state index is -0.719. The molecule has 0 atom stereocenters. The van der Waals surface area contributed by atoms with E-state index < -0.39 is 27.1 Å². The molecule has 1 amide bonds. The molecule has 0 aliphatic heterocycles. The van der Waals surface area contributed by atoms with Crippen LogP contribution in [0.15, 0.2) is 48.7 Å². The Balaban J connectivity index is 1.83. The van der Waals surface area contributed by atoms with Crippen molar-refractivity contribution in [3.63, 3.8) is 0 Å². The topological polar surface area (TPSA) is 146 Å². The maximum Gasteiger partial charge on any atom is 0.281 e. The number of nitro groups is 2. The summed E-state index contributed by atoms with van der Waals surface area (Å²) in [5.74, 6) is -0.580. The molecular formula is C22H18N6O5. The number of aryl methyl sites for hydroxylation is 1. The summed E-state index contributed by atoms with van der Waals surface area (Å²) < 4.78 is 1.69. The molecule has 2 aromatic carbocycles. The number of fused-ring (bicyclic) bond motifs is 1. The minimum Gasteiger partial charge on any atom is -0.321 e. The lowest BCUT2D eigenvalue weighted by atomic mass is 10.0. The Morgan fingerprint density at radius 1 is 1.03 bits per heavy atom. The smallest absolute Gasteiger partial charge is 0.281 e. The van der Waals surface area contributed by atoms with E-state index in [1.807, 2.05) is 6.92 Å². The Morgan fingerprint density at radius 3 is 2.24 bits per heavy atom. The van der Waals surface area contributed by atoms with Gasteiger partial charge in [-0.25, -0.2) is 4.98 Å². The minimum absolute atomic E-state index is 0.0519. The third kappa shape index (κ3) is 3.87. The maximum absolute atomic E-state index is 13.2. The summed E-state index contributed by atoms with van der Waals surface area (Å²) in [4.78, 5) is 39.2. The van der Waals surface area contributed by atoms with Crippen LogP contribution in [0.5, 0.6) is 0 Å². The number of carbonyl (C=O) groups is 1. The highest BCUT2D eigenvalue weighted by Crippen LogP contribution is 2.33. The molecule has 166 valence electrons. The Morgan fingerprint density at radius 2 is 1.67 bits per heavy atom. The molecule has 0 radical (unpaired) electrons. The number of benzene rings is 2. The highest BCUT2D eigenvalue weighted by molar-refractivity contribution is 6.13. The standard InChI is InChI=1S/C22H18N6O5/c1-12-20(27(30)31)8-14(9-21(12)28(32)33)24-22(29)16-10-19(17-11-23-26(3)13(17)2)25-18-7-5-4-6-15(16)18/h4-11H,1-3H3,(H,24,29). The van der Waals surface area contributed by atoms with Crippen molar-refractivity contribution in [2.75, 3.05) is 5.32 Å². The fraction of sp³-hybridized carbons (Fsp3) is 0.136. The van der Waals surface area contributed by atoms with Crippen LogP contribution in [0.4, 0.5) is 17.1 Å². The van der Waals surface area contributed by atoms with Crippen LogP contribution in [0.3, 0.4) is 0 Å². The number of rotatable bonds is 5. The second-order valence-electron chi connectivity index (χ2n) is 7.45. The summed E-state index contributed by atoms with van der Waals surface area (Å²) in [6, 6.07) is 10.9. The Bertz CT molecular complexity index is 1420. The van der Waals surface area contributed by atoms with Gasteiger partial charge in [-0.1, -0.05) is 18.2 Å². The lowest BCUT2D eigenvalue weighted by Crippen LogP contribution is -2.14. The number of pyridine rings is 1. The van der Waals surface area contributed by atoms with Gasteiger partial charge in [0.15, 0.2) is 0 Å². The zero-order valence-corrected chi connectivity index (χ0v) is 17.9. The molecule has 4 aromatic rings. The summed E-state index contributed by atoms with van der Waals surface area (Å²) >= 11 is 0. The molecule has 0 bridgehead atoms. The van der Waals surface area contributed by atoms with E-state index >= 15 is 0 Å². The van der Waals surface area contributed by atoms with Gasteiger partial charge in [-0.2, -0.15) is 5.10 Å². The van der Waals surface area contributed by atoms with Gasteiger partial charge in [0.2, 0.25) is 0 Å². The fourth-order valence-corrected chi connectivity index (χ4v) is 3.59. The number of amides is 1. The van der Waals surface area contributed by atoms with Gasteiger partial charge in [-0.05, 0) is 26.0 Å². The molecule has 11 nitrogen and oxygen atoms in total. The van der Waals surface area contributed by atoms with E-state index in [2.05, 4.69) is 15.4 Å². The molecule has 11 heteroatoms. The molecule has 0 aliphatic carbocycles. The van der Waals surface area contributed by atoms with Crippen molar-refractivity contribution in [1.82, 2.24) is 14.8 Å². The average molecular weight is 446 g/mol. The molecule has 4 rings (SSSR count). The third-order valence-electron chi connectivity index (χ3n) is 5.48. The maximum atomic E-state index is 13.2. The zero-order chi connectivity index (χ0) is 23.9. The number of carbonyl (C=O) groups excluding carboxylic acids is 1. The van der Waals surface area contributed by atoms with E-state index in [1.54, 1.807) is 48.3 Å².